The molecule has 0 spiro atoms. The highest BCUT2D eigenvalue weighted by molar-refractivity contribution is 7.89. The van der Waals surface area contributed by atoms with Crippen molar-refractivity contribution in [3.05, 3.63) is 83.4 Å². The van der Waals surface area contributed by atoms with E-state index in [0.717, 1.165) is 5.56 Å². The Bertz CT molecular complexity index is 1500. The number of ether oxygens (including phenoxy) is 3. The van der Waals surface area contributed by atoms with Crippen molar-refractivity contribution in [3.63, 3.8) is 0 Å². The average molecular weight is 600 g/mol. The number of hydrogen-bond acceptors (Lipinski definition) is 7. The van der Waals surface area contributed by atoms with Crippen LogP contribution in [0.25, 0.3) is 0 Å². The summed E-state index contributed by atoms with van der Waals surface area (Å²) in [5.74, 6) is -0.165. The molecule has 0 bridgehead atoms. The fourth-order valence-electron chi connectivity index (χ4n) is 4.61. The van der Waals surface area contributed by atoms with E-state index in [-0.39, 0.29) is 47.8 Å². The van der Waals surface area contributed by atoms with Crippen LogP contribution in [0.5, 0.6) is 11.5 Å². The highest BCUT2D eigenvalue weighted by Gasteiger charge is 2.34. The van der Waals surface area contributed by atoms with Gasteiger partial charge < -0.3 is 24.4 Å². The topological polar surface area (TPSA) is 114 Å². The van der Waals surface area contributed by atoms with Gasteiger partial charge >= 0.3 is 0 Å². The number of amides is 2. The van der Waals surface area contributed by atoms with Crippen molar-refractivity contribution in [2.45, 2.75) is 17.4 Å². The lowest BCUT2D eigenvalue weighted by atomic mass is 10.1. The number of morpholine rings is 1. The van der Waals surface area contributed by atoms with E-state index >= 15 is 0 Å². The van der Waals surface area contributed by atoms with Gasteiger partial charge in [0.25, 0.3) is 11.8 Å². The van der Waals surface area contributed by atoms with Crippen molar-refractivity contribution in [2.24, 2.45) is 0 Å². The molecule has 0 aromatic heterocycles. The van der Waals surface area contributed by atoms with E-state index < -0.39 is 22.0 Å². The first kappa shape index (κ1) is 28.9. The lowest BCUT2D eigenvalue weighted by molar-refractivity contribution is -0.128. The molecule has 0 aliphatic carbocycles. The molecule has 1 fully saturated rings. The third kappa shape index (κ3) is 6.82. The van der Waals surface area contributed by atoms with Gasteiger partial charge in [-0.1, -0.05) is 54.1 Å². The molecule has 2 amide bonds. The quantitative estimate of drug-likeness (QED) is 0.402. The number of benzene rings is 3. The minimum Gasteiger partial charge on any atom is -0.482 e. The Morgan fingerprint density at radius 3 is 2.49 bits per heavy atom. The number of carbonyl (C=O) groups excluding carboxylic acids is 2. The van der Waals surface area contributed by atoms with Gasteiger partial charge in [0.05, 0.1) is 35.4 Å². The normalized spacial score (nSPS) is 17.3. The van der Waals surface area contributed by atoms with Gasteiger partial charge in [0.2, 0.25) is 10.0 Å². The lowest BCUT2D eigenvalue weighted by Gasteiger charge is -2.34. The summed E-state index contributed by atoms with van der Waals surface area (Å²) in [6, 6.07) is 20.9. The zero-order valence-corrected chi connectivity index (χ0v) is 23.8. The molecule has 2 aliphatic heterocycles. The first-order valence-corrected chi connectivity index (χ1v) is 15.0. The summed E-state index contributed by atoms with van der Waals surface area (Å²) in [5.41, 5.74) is 1.62. The zero-order chi connectivity index (χ0) is 28.8. The van der Waals surface area contributed by atoms with Crippen molar-refractivity contribution in [1.29, 1.82) is 0 Å². The molecule has 0 radical (unpaired) electrons. The van der Waals surface area contributed by atoms with Crippen LogP contribution >= 0.6 is 11.6 Å². The molecule has 0 saturated carbocycles. The predicted octanol–water partition coefficient (Wildman–Crippen LogP) is 2.89. The highest BCUT2D eigenvalue weighted by atomic mass is 35.5. The first-order chi connectivity index (χ1) is 19.8. The van der Waals surface area contributed by atoms with Crippen molar-refractivity contribution < 1.29 is 32.2 Å². The zero-order valence-electron chi connectivity index (χ0n) is 22.2. The van der Waals surface area contributed by atoms with E-state index in [4.69, 9.17) is 25.8 Å². The number of nitrogens with one attached hydrogen (secondary N) is 1. The van der Waals surface area contributed by atoms with Crippen molar-refractivity contribution in [1.82, 2.24) is 9.62 Å². The van der Waals surface area contributed by atoms with Crippen LogP contribution in [0.1, 0.15) is 5.56 Å². The maximum Gasteiger partial charge on any atom is 0.265 e. The van der Waals surface area contributed by atoms with Gasteiger partial charge in [-0.3, -0.25) is 9.59 Å². The molecule has 1 saturated heterocycles. The standard InChI is InChI=1S/C29H30ClN3O7S/c30-23-18-22(41(36,37)32-14-16-38-17-15-32)10-11-25(23)39-20-28(34)33-19-27(40-26-9-5-4-8-24(26)33)29(35)31-13-12-21-6-2-1-3-7-21/h1-11,18,27H,12-17,19-20H2,(H,31,35)/t27-/m0/s1. The van der Waals surface area contributed by atoms with Crippen LogP contribution in [0.4, 0.5) is 5.69 Å². The SMILES string of the molecule is O=C(NCCc1ccccc1)[C@@H]1CN(C(=O)COc2ccc(S(=O)(=O)N3CCOCC3)cc2Cl)c2ccccc2O1. The number of sulfonamides is 1. The van der Waals surface area contributed by atoms with Crippen LogP contribution in [0, 0.1) is 0 Å². The minimum absolute atomic E-state index is 0.000833. The number of hydrogen-bond donors (Lipinski definition) is 1. The van der Waals surface area contributed by atoms with E-state index in [9.17, 15) is 18.0 Å². The van der Waals surface area contributed by atoms with Gasteiger partial charge in [-0.05, 0) is 42.3 Å². The second-order valence-electron chi connectivity index (χ2n) is 9.50. The Morgan fingerprint density at radius 1 is 1.00 bits per heavy atom. The fraction of sp³-hybridized carbons (Fsp3) is 0.310. The van der Waals surface area contributed by atoms with E-state index in [1.807, 2.05) is 30.3 Å². The minimum atomic E-state index is -3.73. The lowest BCUT2D eigenvalue weighted by Crippen LogP contribution is -2.52. The molecule has 3 aromatic rings. The van der Waals surface area contributed by atoms with E-state index in [1.165, 1.54) is 27.4 Å². The number of halogens is 1. The van der Waals surface area contributed by atoms with Crippen LogP contribution in [-0.2, 0) is 30.8 Å². The van der Waals surface area contributed by atoms with Gasteiger partial charge in [0.1, 0.15) is 11.5 Å². The number of anilines is 1. The molecule has 2 heterocycles. The Hall–Kier alpha value is -3.64. The summed E-state index contributed by atoms with van der Waals surface area (Å²) in [5, 5.41) is 2.95. The summed E-state index contributed by atoms with van der Waals surface area (Å²) >= 11 is 6.35. The number of nitrogens with zero attached hydrogens (tertiary/aromatic N) is 2. The van der Waals surface area contributed by atoms with E-state index in [2.05, 4.69) is 5.32 Å². The predicted molar refractivity (Wildman–Crippen MR) is 153 cm³/mol. The van der Waals surface area contributed by atoms with Gasteiger partial charge in [-0.2, -0.15) is 4.31 Å². The molecule has 41 heavy (non-hydrogen) atoms. The maximum atomic E-state index is 13.3. The monoisotopic (exact) mass is 599 g/mol. The van der Waals surface area contributed by atoms with Crippen LogP contribution in [0.3, 0.4) is 0 Å². The van der Waals surface area contributed by atoms with E-state index in [1.54, 1.807) is 24.3 Å². The molecule has 10 nitrogen and oxygen atoms in total. The van der Waals surface area contributed by atoms with Crippen molar-refractivity contribution >= 4 is 39.1 Å². The average Bonchev–Trinajstić information content (AvgIpc) is 3.00. The second-order valence-corrected chi connectivity index (χ2v) is 11.8. The van der Waals surface area contributed by atoms with Crippen molar-refractivity contribution in [3.8, 4) is 11.5 Å². The summed E-state index contributed by atoms with van der Waals surface area (Å²) in [7, 11) is -3.73. The molecule has 3 aromatic carbocycles. The van der Waals surface area contributed by atoms with Gasteiger partial charge in [-0.15, -0.1) is 0 Å². The molecule has 0 unspecified atom stereocenters. The fourth-order valence-corrected chi connectivity index (χ4v) is 6.34. The number of fused-ring (bicyclic) bond motifs is 1. The Labute approximate surface area is 243 Å². The smallest absolute Gasteiger partial charge is 0.265 e. The molecular formula is C29H30ClN3O7S. The Morgan fingerprint density at radius 2 is 1.73 bits per heavy atom. The number of carbonyl (C=O) groups is 2. The summed E-state index contributed by atoms with van der Waals surface area (Å²) in [4.78, 5) is 27.7. The van der Waals surface area contributed by atoms with E-state index in [0.29, 0.717) is 37.6 Å². The van der Waals surface area contributed by atoms with Crippen LogP contribution in [0.15, 0.2) is 77.7 Å². The van der Waals surface area contributed by atoms with Crippen molar-refractivity contribution in [2.75, 3.05) is 50.9 Å². The third-order valence-corrected chi connectivity index (χ3v) is 8.98. The second kappa shape index (κ2) is 12.9. The Balaban J connectivity index is 1.22. The number of rotatable bonds is 9. The molecule has 2 aliphatic rings. The number of para-hydroxylation sites is 2. The maximum absolute atomic E-state index is 13.3. The molecule has 1 atom stereocenters. The van der Waals surface area contributed by atoms with Gasteiger partial charge in [0.15, 0.2) is 12.7 Å². The highest BCUT2D eigenvalue weighted by Crippen LogP contribution is 2.34. The summed E-state index contributed by atoms with van der Waals surface area (Å²) in [6.07, 6.45) is -0.238. The summed E-state index contributed by atoms with van der Waals surface area (Å²) < 4.78 is 44.1. The van der Waals surface area contributed by atoms with Crippen LogP contribution in [0.2, 0.25) is 5.02 Å². The van der Waals surface area contributed by atoms with Gasteiger partial charge in [-0.25, -0.2) is 8.42 Å². The van der Waals surface area contributed by atoms with Crippen LogP contribution < -0.4 is 19.7 Å². The largest absolute Gasteiger partial charge is 0.482 e. The van der Waals surface area contributed by atoms with Crippen LogP contribution in [-0.4, -0.2) is 76.6 Å². The molecular weight excluding hydrogens is 570 g/mol. The molecule has 1 N–H and O–H groups in total. The third-order valence-electron chi connectivity index (χ3n) is 6.79. The first-order valence-electron chi connectivity index (χ1n) is 13.2. The molecule has 216 valence electrons. The Kier molecular flexibility index (Phi) is 9.09. The molecule has 12 heteroatoms. The summed E-state index contributed by atoms with van der Waals surface area (Å²) in [6.45, 7) is 1.23. The molecule has 5 rings (SSSR count). The van der Waals surface area contributed by atoms with Gasteiger partial charge in [0, 0.05) is 19.6 Å².